The SMILES string of the molecule is COC(=O)COc1ccc(N)cc1.COC(=O)COc1ccc([N+](=O)[O-])cc1. The van der Waals surface area contributed by atoms with Crippen LogP contribution in [0.4, 0.5) is 11.4 Å². The number of rotatable bonds is 7. The van der Waals surface area contributed by atoms with E-state index >= 15 is 0 Å². The second-order valence-corrected chi connectivity index (χ2v) is 5.05. The van der Waals surface area contributed by atoms with Gasteiger partial charge < -0.3 is 24.7 Å². The molecule has 0 aliphatic rings. The van der Waals surface area contributed by atoms with E-state index in [0.29, 0.717) is 17.2 Å². The molecule has 0 radical (unpaired) electrons. The van der Waals surface area contributed by atoms with Gasteiger partial charge in [0, 0.05) is 17.8 Å². The molecule has 0 amide bonds. The first-order valence-corrected chi connectivity index (χ1v) is 7.85. The number of non-ortho nitro benzene ring substituents is 1. The third-order valence-corrected chi connectivity index (χ3v) is 3.10. The van der Waals surface area contributed by atoms with E-state index in [1.165, 1.54) is 38.5 Å². The average molecular weight is 392 g/mol. The van der Waals surface area contributed by atoms with Gasteiger partial charge in [0.2, 0.25) is 0 Å². The molecular weight excluding hydrogens is 372 g/mol. The number of nitrogens with two attached hydrogens (primary N) is 1. The summed E-state index contributed by atoms with van der Waals surface area (Å²) in [6.45, 7) is -0.297. The molecule has 2 N–H and O–H groups in total. The molecule has 2 rings (SSSR count). The Kier molecular flexibility index (Phi) is 9.31. The van der Waals surface area contributed by atoms with Crippen LogP contribution in [0.3, 0.4) is 0 Å². The normalized spacial score (nSPS) is 9.36. The fraction of sp³-hybridized carbons (Fsp3) is 0.222. The van der Waals surface area contributed by atoms with Crippen molar-refractivity contribution in [2.45, 2.75) is 0 Å². The number of nitro groups is 1. The van der Waals surface area contributed by atoms with Gasteiger partial charge in [0.15, 0.2) is 13.2 Å². The van der Waals surface area contributed by atoms with Crippen molar-refractivity contribution in [1.29, 1.82) is 0 Å². The second-order valence-electron chi connectivity index (χ2n) is 5.05. The molecule has 0 unspecified atom stereocenters. The van der Waals surface area contributed by atoms with Crippen LogP contribution in [0.25, 0.3) is 0 Å². The van der Waals surface area contributed by atoms with Crippen molar-refractivity contribution < 1.29 is 33.5 Å². The number of nitro benzene ring substituents is 1. The molecule has 10 heteroatoms. The summed E-state index contributed by atoms with van der Waals surface area (Å²) in [6.07, 6.45) is 0. The molecular formula is C18H20N2O8. The van der Waals surface area contributed by atoms with E-state index in [2.05, 4.69) is 9.47 Å². The Morgan fingerprint density at radius 1 is 0.857 bits per heavy atom. The number of hydrogen-bond donors (Lipinski definition) is 1. The molecule has 0 saturated carbocycles. The summed E-state index contributed by atoms with van der Waals surface area (Å²) in [5, 5.41) is 10.3. The van der Waals surface area contributed by atoms with Gasteiger partial charge in [-0.05, 0) is 36.4 Å². The number of anilines is 1. The lowest BCUT2D eigenvalue weighted by Gasteiger charge is -2.03. The zero-order valence-electron chi connectivity index (χ0n) is 15.3. The minimum atomic E-state index is -0.510. The third kappa shape index (κ3) is 8.52. The van der Waals surface area contributed by atoms with Crippen LogP contribution >= 0.6 is 0 Å². The Bertz CT molecular complexity index is 775. The maximum absolute atomic E-state index is 10.7. The number of nitrogen functional groups attached to an aromatic ring is 1. The third-order valence-electron chi connectivity index (χ3n) is 3.10. The van der Waals surface area contributed by atoms with Crippen LogP contribution in [0.2, 0.25) is 0 Å². The number of esters is 2. The highest BCUT2D eigenvalue weighted by Gasteiger charge is 2.06. The Labute approximate surface area is 160 Å². The van der Waals surface area contributed by atoms with Crippen molar-refractivity contribution in [1.82, 2.24) is 0 Å². The van der Waals surface area contributed by atoms with E-state index in [9.17, 15) is 19.7 Å². The summed E-state index contributed by atoms with van der Waals surface area (Å²) in [4.78, 5) is 31.2. The van der Waals surface area contributed by atoms with Crippen molar-refractivity contribution in [3.63, 3.8) is 0 Å². The Balaban J connectivity index is 0.000000283. The molecule has 0 aromatic heterocycles. The highest BCUT2D eigenvalue weighted by atomic mass is 16.6. The minimum Gasteiger partial charge on any atom is -0.482 e. The molecule has 2 aromatic carbocycles. The fourth-order valence-electron chi connectivity index (χ4n) is 1.63. The van der Waals surface area contributed by atoms with E-state index in [0.717, 1.165) is 0 Å². The molecule has 0 bridgehead atoms. The van der Waals surface area contributed by atoms with Gasteiger partial charge >= 0.3 is 11.9 Å². The summed E-state index contributed by atoms with van der Waals surface area (Å²) >= 11 is 0. The lowest BCUT2D eigenvalue weighted by Crippen LogP contribution is -2.12. The van der Waals surface area contributed by atoms with E-state index in [1.54, 1.807) is 24.3 Å². The predicted octanol–water partition coefficient (Wildman–Crippen LogP) is 1.97. The largest absolute Gasteiger partial charge is 0.482 e. The van der Waals surface area contributed by atoms with Crippen LogP contribution in [0, 0.1) is 10.1 Å². The topological polar surface area (TPSA) is 140 Å². The van der Waals surface area contributed by atoms with Crippen LogP contribution in [-0.2, 0) is 19.1 Å². The first kappa shape index (κ1) is 22.2. The van der Waals surface area contributed by atoms with Crippen molar-refractivity contribution in [2.24, 2.45) is 0 Å². The van der Waals surface area contributed by atoms with Crippen LogP contribution in [0.5, 0.6) is 11.5 Å². The van der Waals surface area contributed by atoms with E-state index in [1.807, 2.05) is 0 Å². The van der Waals surface area contributed by atoms with Crippen LogP contribution < -0.4 is 15.2 Å². The van der Waals surface area contributed by atoms with Gasteiger partial charge in [-0.3, -0.25) is 10.1 Å². The average Bonchev–Trinajstić information content (AvgIpc) is 2.72. The van der Waals surface area contributed by atoms with Gasteiger partial charge in [-0.1, -0.05) is 0 Å². The zero-order valence-corrected chi connectivity index (χ0v) is 15.3. The Morgan fingerprint density at radius 3 is 1.61 bits per heavy atom. The van der Waals surface area contributed by atoms with Crippen LogP contribution in [0.1, 0.15) is 0 Å². The van der Waals surface area contributed by atoms with Crippen molar-refractivity contribution in [3.8, 4) is 11.5 Å². The van der Waals surface area contributed by atoms with Gasteiger partial charge in [0.25, 0.3) is 5.69 Å². The first-order chi connectivity index (χ1) is 13.3. The van der Waals surface area contributed by atoms with Gasteiger partial charge in [0.1, 0.15) is 11.5 Å². The predicted molar refractivity (Wildman–Crippen MR) is 99.0 cm³/mol. The number of benzene rings is 2. The molecule has 150 valence electrons. The van der Waals surface area contributed by atoms with E-state index in [4.69, 9.17) is 15.2 Å². The maximum atomic E-state index is 10.7. The summed E-state index contributed by atoms with van der Waals surface area (Å²) in [5.74, 6) is 0.0655. The molecule has 0 fully saturated rings. The van der Waals surface area contributed by atoms with Crippen LogP contribution in [-0.4, -0.2) is 44.3 Å². The fourth-order valence-corrected chi connectivity index (χ4v) is 1.63. The summed E-state index contributed by atoms with van der Waals surface area (Å²) in [6, 6.07) is 12.2. The lowest BCUT2D eigenvalue weighted by atomic mass is 10.3. The minimum absolute atomic E-state index is 0.0274. The van der Waals surface area contributed by atoms with E-state index in [-0.39, 0.29) is 18.9 Å². The smallest absolute Gasteiger partial charge is 0.343 e. The van der Waals surface area contributed by atoms with Gasteiger partial charge in [-0.2, -0.15) is 0 Å². The quantitative estimate of drug-likeness (QED) is 0.324. The van der Waals surface area contributed by atoms with Crippen molar-refractivity contribution >= 4 is 23.3 Å². The monoisotopic (exact) mass is 392 g/mol. The number of nitrogens with zero attached hydrogens (tertiary/aromatic N) is 1. The number of carbonyl (C=O) groups excluding carboxylic acids is 2. The van der Waals surface area contributed by atoms with Gasteiger partial charge in [-0.25, -0.2) is 9.59 Å². The standard InChI is InChI=1S/C9H9NO5.C9H11NO3/c1-14-9(11)6-15-8-4-2-7(3-5-8)10(12)13;1-12-9(11)6-13-8-4-2-7(10)3-5-8/h2-5H,6H2,1H3;2-5H,6,10H2,1H3. The Hall–Kier alpha value is -3.82. The highest BCUT2D eigenvalue weighted by molar-refractivity contribution is 5.71. The lowest BCUT2D eigenvalue weighted by molar-refractivity contribution is -0.384. The molecule has 0 saturated heterocycles. The molecule has 0 spiro atoms. The summed E-state index contributed by atoms with van der Waals surface area (Å²) in [7, 11) is 2.57. The number of hydrogen-bond acceptors (Lipinski definition) is 9. The van der Waals surface area contributed by atoms with Crippen LogP contribution in [0.15, 0.2) is 48.5 Å². The van der Waals surface area contributed by atoms with Crippen molar-refractivity contribution in [2.75, 3.05) is 33.2 Å². The summed E-state index contributed by atoms with van der Waals surface area (Å²) < 4.78 is 18.8. The highest BCUT2D eigenvalue weighted by Crippen LogP contribution is 2.17. The number of ether oxygens (including phenoxy) is 4. The Morgan fingerprint density at radius 2 is 1.25 bits per heavy atom. The van der Waals surface area contributed by atoms with Gasteiger partial charge in [0.05, 0.1) is 19.1 Å². The van der Waals surface area contributed by atoms with Gasteiger partial charge in [-0.15, -0.1) is 0 Å². The van der Waals surface area contributed by atoms with E-state index < -0.39 is 16.9 Å². The molecule has 0 heterocycles. The maximum Gasteiger partial charge on any atom is 0.343 e. The molecule has 0 aliphatic heterocycles. The van der Waals surface area contributed by atoms with Crippen molar-refractivity contribution in [3.05, 3.63) is 58.6 Å². The molecule has 0 aliphatic carbocycles. The number of carbonyl (C=O) groups is 2. The molecule has 0 atom stereocenters. The zero-order chi connectivity index (χ0) is 20.9. The molecule has 2 aromatic rings. The summed E-state index contributed by atoms with van der Waals surface area (Å²) in [5.41, 5.74) is 6.09. The first-order valence-electron chi connectivity index (χ1n) is 7.85. The molecule has 10 nitrogen and oxygen atoms in total. The number of methoxy groups -OCH3 is 2. The second kappa shape index (κ2) is 11.7. The molecule has 28 heavy (non-hydrogen) atoms.